The highest BCUT2D eigenvalue weighted by atomic mass is 16.2. The van der Waals surface area contributed by atoms with Crippen LogP contribution in [0.4, 0.5) is 0 Å². The standard InChI is InChI=1S/C25H30N6O/c1-17(2)22-13-23(30-29-22)25(32)31(15-19-9-5-4-6-10-19)16-24-20(14-27-18(3)28-24)21-11-7-8-12-26-21/h4-12,14,17,22-23,29-30H,13,15-16H2,1-3H3. The van der Waals surface area contributed by atoms with Gasteiger partial charge >= 0.3 is 0 Å². The summed E-state index contributed by atoms with van der Waals surface area (Å²) >= 11 is 0. The van der Waals surface area contributed by atoms with Crippen LogP contribution in [0.1, 0.15) is 37.4 Å². The van der Waals surface area contributed by atoms with Gasteiger partial charge in [-0.15, -0.1) is 0 Å². The van der Waals surface area contributed by atoms with Gasteiger partial charge in [-0.3, -0.25) is 15.2 Å². The van der Waals surface area contributed by atoms with Gasteiger partial charge < -0.3 is 4.90 Å². The monoisotopic (exact) mass is 430 g/mol. The third kappa shape index (κ3) is 5.18. The van der Waals surface area contributed by atoms with Crippen LogP contribution in [0.5, 0.6) is 0 Å². The fraction of sp³-hybridized carbons (Fsp3) is 0.360. The fourth-order valence-electron chi connectivity index (χ4n) is 3.97. The van der Waals surface area contributed by atoms with E-state index in [0.717, 1.165) is 28.9 Å². The number of carbonyl (C=O) groups excluding carboxylic acids is 1. The SMILES string of the molecule is Cc1ncc(-c2ccccn2)c(CN(Cc2ccccc2)C(=O)C2CC(C(C)C)NN2)n1. The maximum absolute atomic E-state index is 13.6. The van der Waals surface area contributed by atoms with Gasteiger partial charge in [0.25, 0.3) is 0 Å². The van der Waals surface area contributed by atoms with Crippen LogP contribution >= 0.6 is 0 Å². The van der Waals surface area contributed by atoms with Crippen LogP contribution in [0, 0.1) is 12.8 Å². The highest BCUT2D eigenvalue weighted by molar-refractivity contribution is 5.82. The zero-order chi connectivity index (χ0) is 22.5. The zero-order valence-corrected chi connectivity index (χ0v) is 18.8. The smallest absolute Gasteiger partial charge is 0.241 e. The third-order valence-corrected chi connectivity index (χ3v) is 5.83. The number of hydrogen-bond acceptors (Lipinski definition) is 6. The number of hydrogen-bond donors (Lipinski definition) is 2. The van der Waals surface area contributed by atoms with E-state index in [-0.39, 0.29) is 18.0 Å². The summed E-state index contributed by atoms with van der Waals surface area (Å²) in [7, 11) is 0. The number of pyridine rings is 1. The lowest BCUT2D eigenvalue weighted by Gasteiger charge is -2.26. The Hall–Kier alpha value is -3.16. The van der Waals surface area contributed by atoms with Crippen LogP contribution in [0.25, 0.3) is 11.3 Å². The Morgan fingerprint density at radius 2 is 1.84 bits per heavy atom. The van der Waals surface area contributed by atoms with Crippen molar-refractivity contribution in [3.05, 3.63) is 78.0 Å². The quantitative estimate of drug-likeness (QED) is 0.599. The van der Waals surface area contributed by atoms with Crippen LogP contribution in [0.15, 0.2) is 60.9 Å². The van der Waals surface area contributed by atoms with Crippen LogP contribution in [-0.4, -0.2) is 37.8 Å². The molecule has 2 unspecified atom stereocenters. The lowest BCUT2D eigenvalue weighted by molar-refractivity contribution is -0.134. The minimum atomic E-state index is -0.271. The van der Waals surface area contributed by atoms with E-state index in [0.29, 0.717) is 24.8 Å². The normalized spacial score (nSPS) is 18.1. The predicted molar refractivity (Wildman–Crippen MR) is 124 cm³/mol. The molecule has 2 N–H and O–H groups in total. The largest absolute Gasteiger partial charge is 0.331 e. The molecule has 2 aromatic heterocycles. The number of carbonyl (C=O) groups is 1. The molecule has 1 aromatic carbocycles. The lowest BCUT2D eigenvalue weighted by Crippen LogP contribution is -2.45. The molecule has 0 aliphatic carbocycles. The molecule has 0 bridgehead atoms. The van der Waals surface area contributed by atoms with Crippen molar-refractivity contribution < 1.29 is 4.79 Å². The number of nitrogens with zero attached hydrogens (tertiary/aromatic N) is 4. The number of aryl methyl sites for hydroxylation is 1. The van der Waals surface area contributed by atoms with Gasteiger partial charge in [0.1, 0.15) is 11.9 Å². The van der Waals surface area contributed by atoms with Gasteiger partial charge in [-0.2, -0.15) is 0 Å². The van der Waals surface area contributed by atoms with Gasteiger partial charge in [-0.25, -0.2) is 15.4 Å². The summed E-state index contributed by atoms with van der Waals surface area (Å²) in [6.45, 7) is 7.08. The minimum Gasteiger partial charge on any atom is -0.331 e. The van der Waals surface area contributed by atoms with E-state index in [4.69, 9.17) is 4.98 Å². The first-order valence-electron chi connectivity index (χ1n) is 11.1. The second-order valence-corrected chi connectivity index (χ2v) is 8.60. The molecule has 166 valence electrons. The lowest BCUT2D eigenvalue weighted by atomic mass is 9.99. The Morgan fingerprint density at radius 1 is 1.06 bits per heavy atom. The van der Waals surface area contributed by atoms with Gasteiger partial charge in [0, 0.05) is 30.5 Å². The Bertz CT molecular complexity index is 1040. The topological polar surface area (TPSA) is 83.0 Å². The summed E-state index contributed by atoms with van der Waals surface area (Å²) in [4.78, 5) is 29.1. The van der Waals surface area contributed by atoms with Gasteiger partial charge in [0.2, 0.25) is 5.91 Å². The summed E-state index contributed by atoms with van der Waals surface area (Å²) in [5, 5.41) is 0. The maximum Gasteiger partial charge on any atom is 0.241 e. The van der Waals surface area contributed by atoms with Crippen molar-refractivity contribution in [3.8, 4) is 11.3 Å². The number of hydrazine groups is 1. The first-order chi connectivity index (χ1) is 15.5. The third-order valence-electron chi connectivity index (χ3n) is 5.83. The van der Waals surface area contributed by atoms with Crippen LogP contribution in [-0.2, 0) is 17.9 Å². The molecule has 1 aliphatic heterocycles. The van der Waals surface area contributed by atoms with Crippen molar-refractivity contribution in [2.75, 3.05) is 0 Å². The summed E-state index contributed by atoms with van der Waals surface area (Å²) in [5.74, 6) is 1.18. The fourth-order valence-corrected chi connectivity index (χ4v) is 3.97. The molecule has 1 saturated heterocycles. The van der Waals surface area contributed by atoms with Crippen LogP contribution in [0.3, 0.4) is 0 Å². The molecule has 3 heterocycles. The Kier molecular flexibility index (Phi) is 6.87. The van der Waals surface area contributed by atoms with Crippen LogP contribution < -0.4 is 10.9 Å². The molecule has 1 aliphatic rings. The van der Waals surface area contributed by atoms with Gasteiger partial charge in [0.05, 0.1) is 17.9 Å². The summed E-state index contributed by atoms with van der Waals surface area (Å²) in [6.07, 6.45) is 4.32. The van der Waals surface area contributed by atoms with E-state index >= 15 is 0 Å². The molecule has 4 rings (SSSR count). The van der Waals surface area contributed by atoms with E-state index in [1.54, 1.807) is 12.4 Å². The van der Waals surface area contributed by atoms with E-state index in [1.165, 1.54) is 0 Å². The molecule has 1 amide bonds. The maximum atomic E-state index is 13.6. The van der Waals surface area contributed by atoms with Crippen molar-refractivity contribution >= 4 is 5.91 Å². The van der Waals surface area contributed by atoms with E-state index < -0.39 is 0 Å². The second kappa shape index (κ2) is 9.97. The molecule has 32 heavy (non-hydrogen) atoms. The van der Waals surface area contributed by atoms with Crippen molar-refractivity contribution in [2.45, 2.75) is 52.4 Å². The zero-order valence-electron chi connectivity index (χ0n) is 18.8. The van der Waals surface area contributed by atoms with Gasteiger partial charge in [0.15, 0.2) is 0 Å². The molecular weight excluding hydrogens is 400 g/mol. The molecule has 0 spiro atoms. The van der Waals surface area contributed by atoms with Crippen LogP contribution in [0.2, 0.25) is 0 Å². The molecule has 7 nitrogen and oxygen atoms in total. The first-order valence-corrected chi connectivity index (χ1v) is 11.1. The average Bonchev–Trinajstić information content (AvgIpc) is 3.30. The molecule has 7 heteroatoms. The number of nitrogens with one attached hydrogen (secondary N) is 2. The van der Waals surface area contributed by atoms with Crippen molar-refractivity contribution in [3.63, 3.8) is 0 Å². The highest BCUT2D eigenvalue weighted by Crippen LogP contribution is 2.23. The van der Waals surface area contributed by atoms with Gasteiger partial charge in [-0.1, -0.05) is 50.2 Å². The second-order valence-electron chi connectivity index (χ2n) is 8.60. The molecule has 0 saturated carbocycles. The molecule has 3 aromatic rings. The Labute approximate surface area is 189 Å². The molecule has 2 atom stereocenters. The van der Waals surface area contributed by atoms with Crippen molar-refractivity contribution in [1.82, 2.24) is 30.7 Å². The van der Waals surface area contributed by atoms with Crippen molar-refractivity contribution in [1.29, 1.82) is 0 Å². The Morgan fingerprint density at radius 3 is 2.53 bits per heavy atom. The average molecular weight is 431 g/mol. The molecule has 1 fully saturated rings. The molecular formula is C25H30N6O. The number of rotatable bonds is 7. The van der Waals surface area contributed by atoms with Gasteiger partial charge in [-0.05, 0) is 37.0 Å². The van der Waals surface area contributed by atoms with E-state index in [1.807, 2.05) is 60.4 Å². The Balaban J connectivity index is 1.64. The first kappa shape index (κ1) is 22.0. The summed E-state index contributed by atoms with van der Waals surface area (Å²) < 4.78 is 0. The number of benzene rings is 1. The minimum absolute atomic E-state index is 0.0627. The molecule has 0 radical (unpaired) electrons. The predicted octanol–water partition coefficient (Wildman–Crippen LogP) is 3.27. The van der Waals surface area contributed by atoms with E-state index in [9.17, 15) is 4.79 Å². The summed E-state index contributed by atoms with van der Waals surface area (Å²) in [6, 6.07) is 15.8. The highest BCUT2D eigenvalue weighted by Gasteiger charge is 2.34. The van der Waals surface area contributed by atoms with Crippen molar-refractivity contribution in [2.24, 2.45) is 5.92 Å². The number of aromatic nitrogens is 3. The number of amides is 1. The van der Waals surface area contributed by atoms with E-state index in [2.05, 4.69) is 34.7 Å². The summed E-state index contributed by atoms with van der Waals surface area (Å²) in [5.41, 5.74) is 10.0.